The molecule has 0 aliphatic carbocycles. The summed E-state index contributed by atoms with van der Waals surface area (Å²) in [4.78, 5) is 58.6. The van der Waals surface area contributed by atoms with E-state index in [1.165, 1.54) is 45.1 Å². The number of aliphatic carboxylic acids is 2. The topological polar surface area (TPSA) is 210 Å². The Morgan fingerprint density at radius 1 is 1.37 bits per heavy atom. The number of nitrogens with one attached hydrogen (secondary N) is 1. The Bertz CT molecular complexity index is 1170. The molecule has 5 N–H and O–H groups in total. The number of oxime groups is 1. The van der Waals surface area contributed by atoms with E-state index >= 15 is 0 Å². The lowest BCUT2D eigenvalue weighted by molar-refractivity contribution is -0.157. The fourth-order valence-corrected chi connectivity index (χ4v) is 7.19. The number of fused-ring (bicyclic) bond motifs is 1. The number of aromatic nitrogens is 3. The van der Waals surface area contributed by atoms with Crippen molar-refractivity contribution < 1.29 is 34.2 Å². The third-order valence-corrected chi connectivity index (χ3v) is 9.43. The number of carbonyl (C=O) groups is 4. The Labute approximate surface area is 213 Å². The lowest BCUT2D eigenvalue weighted by Crippen LogP contribution is -2.74. The number of hydrogen-bond acceptors (Lipinski definition) is 14. The lowest BCUT2D eigenvalue weighted by atomic mass is 9.89. The molecule has 0 bridgehead atoms. The number of carboxylic acid groups (broad SMARTS) is 2. The molecule has 35 heavy (non-hydrogen) atoms. The zero-order valence-corrected chi connectivity index (χ0v) is 20.8. The highest BCUT2D eigenvalue weighted by Crippen LogP contribution is 2.44. The Hall–Kier alpha value is -2.96. The number of amides is 2. The van der Waals surface area contributed by atoms with Gasteiger partial charge in [0.25, 0.3) is 5.91 Å². The van der Waals surface area contributed by atoms with Crippen LogP contribution in [-0.2, 0) is 24.0 Å². The van der Waals surface area contributed by atoms with Gasteiger partial charge >= 0.3 is 11.9 Å². The van der Waals surface area contributed by atoms with E-state index in [2.05, 4.69) is 25.7 Å². The molecule has 2 aromatic heterocycles. The first-order chi connectivity index (χ1) is 16.7. The number of carboxylic acids is 2. The normalized spacial score (nSPS) is 23.8. The Kier molecular flexibility index (Phi) is 7.43. The van der Waals surface area contributed by atoms with Crippen molar-refractivity contribution >= 4 is 80.8 Å². The maximum atomic E-state index is 12.9. The third kappa shape index (κ3) is 5.34. The number of thioether (sulfide) groups is 2. The molecule has 2 unspecified atom stereocenters. The number of hydrogen-bond donors (Lipinski definition) is 4. The maximum absolute atomic E-state index is 12.9. The van der Waals surface area contributed by atoms with Crippen molar-refractivity contribution in [1.82, 2.24) is 25.4 Å². The van der Waals surface area contributed by atoms with Gasteiger partial charge in [-0.1, -0.05) is 28.3 Å². The fourth-order valence-electron chi connectivity index (χ4n) is 3.29. The van der Waals surface area contributed by atoms with Crippen LogP contribution >= 0.6 is 46.2 Å². The van der Waals surface area contributed by atoms with Gasteiger partial charge in [0.05, 0.1) is 0 Å². The van der Waals surface area contributed by atoms with Crippen molar-refractivity contribution in [3.63, 3.8) is 0 Å². The highest BCUT2D eigenvalue weighted by atomic mass is 32.2. The second kappa shape index (κ2) is 10.3. The van der Waals surface area contributed by atoms with Gasteiger partial charge < -0.3 is 31.0 Å². The van der Waals surface area contributed by atoms with E-state index in [-0.39, 0.29) is 34.6 Å². The van der Waals surface area contributed by atoms with E-state index in [4.69, 9.17) is 15.7 Å². The van der Waals surface area contributed by atoms with Crippen molar-refractivity contribution in [3.8, 4) is 0 Å². The van der Waals surface area contributed by atoms with Gasteiger partial charge in [-0.15, -0.1) is 33.3 Å². The first-order valence-electron chi connectivity index (χ1n) is 9.68. The standard InChI is InChI=1S/C17H17N7O7S4/c18-15-20-7(2-32-15)9(23-31-1-8(25)26)11(27)21-10-12(28)24-3-17(14(29)30,4-33-13(10)24)5-34-16-22-19-6-35-16/h2,6,10,13H,1,3-5H2,(H2,18,20)(H,21,27)(H,25,26)(H,29,30)/t10?,13-,17?/m1/s1. The van der Waals surface area contributed by atoms with Crippen LogP contribution in [0.1, 0.15) is 5.69 Å². The van der Waals surface area contributed by atoms with Crippen LogP contribution in [0, 0.1) is 5.41 Å². The minimum Gasteiger partial charge on any atom is -0.481 e. The molecule has 14 nitrogen and oxygen atoms in total. The molecule has 4 heterocycles. The number of rotatable bonds is 10. The van der Waals surface area contributed by atoms with Crippen LogP contribution in [0.15, 0.2) is 20.4 Å². The zero-order valence-electron chi connectivity index (χ0n) is 17.5. The first kappa shape index (κ1) is 25.1. The number of β-lactam (4-membered cyclic amide) rings is 1. The number of anilines is 1. The quantitative estimate of drug-likeness (QED) is 0.127. The molecule has 0 saturated carbocycles. The highest BCUT2D eigenvalue weighted by molar-refractivity contribution is 8.01. The van der Waals surface area contributed by atoms with Crippen LogP contribution in [0.2, 0.25) is 0 Å². The van der Waals surface area contributed by atoms with E-state index in [9.17, 15) is 24.3 Å². The summed E-state index contributed by atoms with van der Waals surface area (Å²) in [6, 6.07) is -0.921. The number of nitrogens with two attached hydrogens (primary N) is 1. The Morgan fingerprint density at radius 2 is 2.17 bits per heavy atom. The minimum absolute atomic E-state index is 0.0116. The molecule has 2 saturated heterocycles. The van der Waals surface area contributed by atoms with Gasteiger partial charge in [-0.25, -0.2) is 9.78 Å². The van der Waals surface area contributed by atoms with Gasteiger partial charge in [0.15, 0.2) is 15.2 Å². The maximum Gasteiger partial charge on any atom is 0.344 e. The van der Waals surface area contributed by atoms with Gasteiger partial charge in [-0.2, -0.15) is 0 Å². The van der Waals surface area contributed by atoms with Crippen LogP contribution in [0.25, 0.3) is 0 Å². The summed E-state index contributed by atoms with van der Waals surface area (Å²) in [7, 11) is 0. The van der Waals surface area contributed by atoms with E-state index in [0.717, 1.165) is 11.3 Å². The van der Waals surface area contributed by atoms with Crippen LogP contribution in [0.5, 0.6) is 0 Å². The summed E-state index contributed by atoms with van der Waals surface area (Å²) < 4.78 is 0.637. The van der Waals surface area contributed by atoms with Gasteiger partial charge in [0.2, 0.25) is 12.5 Å². The molecule has 0 radical (unpaired) electrons. The van der Waals surface area contributed by atoms with Crippen LogP contribution in [0.4, 0.5) is 5.13 Å². The molecular formula is C17H17N7O7S4. The average molecular weight is 560 g/mol. The van der Waals surface area contributed by atoms with Crippen LogP contribution in [-0.4, -0.2) is 95.8 Å². The summed E-state index contributed by atoms with van der Waals surface area (Å²) in [5.74, 6) is -3.12. The van der Waals surface area contributed by atoms with Crippen molar-refractivity contribution in [2.75, 3.05) is 30.4 Å². The first-order valence-corrected chi connectivity index (χ1v) is 13.5. The molecule has 18 heteroatoms. The van der Waals surface area contributed by atoms with Crippen molar-refractivity contribution in [2.45, 2.75) is 15.8 Å². The molecule has 186 valence electrons. The van der Waals surface area contributed by atoms with E-state index < -0.39 is 47.2 Å². The van der Waals surface area contributed by atoms with Gasteiger partial charge in [-0.05, 0) is 0 Å². The monoisotopic (exact) mass is 559 g/mol. The summed E-state index contributed by atoms with van der Waals surface area (Å²) in [5, 5.41) is 33.6. The molecule has 3 atom stereocenters. The average Bonchev–Trinajstić information content (AvgIpc) is 3.50. The predicted octanol–water partition coefficient (Wildman–Crippen LogP) is -0.355. The van der Waals surface area contributed by atoms with Gasteiger partial charge in [0, 0.05) is 23.4 Å². The summed E-state index contributed by atoms with van der Waals surface area (Å²) in [6.45, 7) is -0.792. The zero-order chi connectivity index (χ0) is 25.2. The summed E-state index contributed by atoms with van der Waals surface area (Å²) >= 11 is 4.87. The molecule has 4 rings (SSSR count). The molecule has 2 aliphatic heterocycles. The molecule has 2 fully saturated rings. The SMILES string of the molecule is Nc1nc(C(=NOCC(=O)O)C(=O)NC2C(=O)N3CC(CSc4nncs4)(C(=O)O)CS[C@H]23)cs1. The molecule has 0 aromatic carbocycles. The van der Waals surface area contributed by atoms with Crippen molar-refractivity contribution in [1.29, 1.82) is 0 Å². The van der Waals surface area contributed by atoms with Crippen LogP contribution < -0.4 is 11.1 Å². The van der Waals surface area contributed by atoms with E-state index in [0.29, 0.717) is 4.34 Å². The van der Waals surface area contributed by atoms with Gasteiger partial charge in [0.1, 0.15) is 28.0 Å². The predicted molar refractivity (Wildman–Crippen MR) is 127 cm³/mol. The van der Waals surface area contributed by atoms with E-state index in [1.807, 2.05) is 0 Å². The highest BCUT2D eigenvalue weighted by Gasteiger charge is 2.57. The molecule has 2 amide bonds. The fraction of sp³-hybridized carbons (Fsp3) is 0.412. The molecule has 0 spiro atoms. The van der Waals surface area contributed by atoms with Crippen molar-refractivity contribution in [2.24, 2.45) is 10.6 Å². The number of carbonyl (C=O) groups excluding carboxylic acids is 2. The smallest absolute Gasteiger partial charge is 0.344 e. The summed E-state index contributed by atoms with van der Waals surface area (Å²) in [6.07, 6.45) is 0. The Balaban J connectivity index is 1.43. The van der Waals surface area contributed by atoms with Gasteiger partial charge in [-0.3, -0.25) is 14.4 Å². The van der Waals surface area contributed by atoms with Crippen molar-refractivity contribution in [3.05, 3.63) is 16.6 Å². The Morgan fingerprint density at radius 3 is 2.80 bits per heavy atom. The lowest BCUT2D eigenvalue weighted by Gasteiger charge is -2.53. The molecule has 2 aromatic rings. The van der Waals surface area contributed by atoms with E-state index in [1.54, 1.807) is 5.51 Å². The summed E-state index contributed by atoms with van der Waals surface area (Å²) in [5.41, 5.74) is 5.71. The number of nitrogen functional groups attached to an aromatic ring is 1. The number of nitrogens with zero attached hydrogens (tertiary/aromatic N) is 5. The second-order valence-electron chi connectivity index (χ2n) is 7.38. The third-order valence-electron chi connectivity index (χ3n) is 5.02. The minimum atomic E-state index is -1.29. The second-order valence-corrected chi connectivity index (χ2v) is 11.4. The van der Waals surface area contributed by atoms with Crippen LogP contribution in [0.3, 0.4) is 0 Å². The molecular weight excluding hydrogens is 542 g/mol. The largest absolute Gasteiger partial charge is 0.481 e. The molecule has 2 aliphatic rings. The number of thiazole rings is 1.